The molecule has 0 radical (unpaired) electrons. The van der Waals surface area contributed by atoms with Gasteiger partial charge in [-0.1, -0.05) is 48.0 Å². The summed E-state index contributed by atoms with van der Waals surface area (Å²) < 4.78 is 46.3. The van der Waals surface area contributed by atoms with Crippen molar-refractivity contribution in [2.45, 2.75) is 21.6 Å². The fourth-order valence-corrected chi connectivity index (χ4v) is 7.13. The molecule has 0 saturated heterocycles. The third kappa shape index (κ3) is 4.11. The highest BCUT2D eigenvalue weighted by Gasteiger charge is 2.48. The predicted molar refractivity (Wildman–Crippen MR) is 94.1 cm³/mol. The predicted octanol–water partition coefficient (Wildman–Crippen LogP) is 2.11. The summed E-state index contributed by atoms with van der Waals surface area (Å²) in [7, 11) is -6.11. The van der Waals surface area contributed by atoms with E-state index >= 15 is 0 Å². The number of hydrogen-bond donors (Lipinski definition) is 0. The number of rotatable bonds is 6. The van der Waals surface area contributed by atoms with Crippen LogP contribution in [0.25, 0.3) is 0 Å². The van der Waals surface area contributed by atoms with Gasteiger partial charge >= 0.3 is 0 Å². The van der Waals surface area contributed by atoms with Gasteiger partial charge in [0.25, 0.3) is 0 Å². The molecule has 3 rings (SSSR count). The minimum atomic E-state index is -4.72. The number of para-hydroxylation sites is 1. The fraction of sp³-hybridized carbons (Fsp3) is 0.100. The van der Waals surface area contributed by atoms with E-state index in [2.05, 4.69) is 0 Å². The zero-order valence-corrected chi connectivity index (χ0v) is 16.4. The van der Waals surface area contributed by atoms with E-state index in [1.165, 1.54) is 7.11 Å². The molecule has 7 heteroatoms. The topological polar surface area (TPSA) is 87.6 Å². The highest BCUT2D eigenvalue weighted by Crippen LogP contribution is 2.71. The van der Waals surface area contributed by atoms with Gasteiger partial charge in [0, 0.05) is 9.79 Å². The van der Waals surface area contributed by atoms with Gasteiger partial charge in [0.05, 0.1) is 22.2 Å². The highest BCUT2D eigenvalue weighted by atomic mass is 35.7. The zero-order chi connectivity index (χ0) is 19.5. The van der Waals surface area contributed by atoms with Crippen molar-refractivity contribution in [1.29, 1.82) is 0 Å². The lowest BCUT2D eigenvalue weighted by Gasteiger charge is -2.35. The van der Waals surface area contributed by atoms with Crippen LogP contribution in [0.5, 0.6) is 5.75 Å². The Hall–Kier alpha value is -2.06. The van der Waals surface area contributed by atoms with Gasteiger partial charge in [0.2, 0.25) is 0 Å². The first kappa shape index (κ1) is 19.7. The van der Waals surface area contributed by atoms with Gasteiger partial charge in [0.15, 0.2) is 0 Å². The second-order valence-electron chi connectivity index (χ2n) is 5.77. The van der Waals surface area contributed by atoms with E-state index in [4.69, 9.17) is 8.47 Å². The lowest BCUT2D eigenvalue weighted by molar-refractivity contribution is -1.91. The summed E-state index contributed by atoms with van der Waals surface area (Å²) in [5, 5.41) is 0. The molecule has 0 aliphatic heterocycles. The second kappa shape index (κ2) is 7.90. The van der Waals surface area contributed by atoms with Gasteiger partial charge in [-0.3, -0.25) is 0 Å². The Kier molecular flexibility index (Phi) is 5.76. The molecule has 0 N–H and O–H groups in total. The highest BCUT2D eigenvalue weighted by molar-refractivity contribution is 8.30. The Morgan fingerprint density at radius 1 is 0.741 bits per heavy atom. The normalized spacial score (nSPS) is 15.0. The number of halogens is 1. The van der Waals surface area contributed by atoms with Crippen molar-refractivity contribution in [3.8, 4) is 5.75 Å². The smallest absolute Gasteiger partial charge is 0.134 e. The van der Waals surface area contributed by atoms with Gasteiger partial charge in [-0.25, -0.2) is 0 Å². The van der Waals surface area contributed by atoms with Crippen molar-refractivity contribution in [2.75, 3.05) is 7.11 Å². The number of aryl methyl sites for hydroxylation is 1. The number of benzene rings is 3. The molecule has 0 bridgehead atoms. The van der Waals surface area contributed by atoms with Gasteiger partial charge in [-0.05, 0) is 43.3 Å². The fourth-order valence-electron chi connectivity index (χ4n) is 2.81. The van der Waals surface area contributed by atoms with Crippen molar-refractivity contribution < 1.29 is 32.7 Å². The van der Waals surface area contributed by atoms with Crippen molar-refractivity contribution in [3.63, 3.8) is 0 Å². The summed E-state index contributed by atoms with van der Waals surface area (Å²) in [4.78, 5) is 1.65. The average molecular weight is 407 g/mol. The van der Waals surface area contributed by atoms with Gasteiger partial charge in [-0.2, -0.15) is 14.0 Å². The summed E-state index contributed by atoms with van der Waals surface area (Å²) in [6.07, 6.45) is 0. The van der Waals surface area contributed by atoms with Crippen molar-refractivity contribution >= 4 is 10.3 Å². The number of ether oxygens (including phenoxy) is 1. The Bertz CT molecular complexity index is 896. The molecule has 142 valence electrons. The quantitative estimate of drug-likeness (QED) is 0.625. The van der Waals surface area contributed by atoms with E-state index in [1.807, 2.05) is 25.1 Å². The second-order valence-corrected chi connectivity index (χ2v) is 9.53. The Balaban J connectivity index is 2.40. The van der Waals surface area contributed by atoms with Crippen LogP contribution in [0.4, 0.5) is 0 Å². The third-order valence-electron chi connectivity index (χ3n) is 3.98. The molecule has 3 aromatic carbocycles. The number of methoxy groups -OCH3 is 1. The van der Waals surface area contributed by atoms with E-state index in [1.54, 1.807) is 60.7 Å². The number of hydrogen-bond acceptors (Lipinski definition) is 5. The molecule has 5 nitrogen and oxygen atoms in total. The molecule has 1 unspecified atom stereocenters. The van der Waals surface area contributed by atoms with Crippen LogP contribution in [0.15, 0.2) is 93.5 Å². The maximum Gasteiger partial charge on any atom is 0.134 e. The maximum absolute atomic E-state index is 11.8. The zero-order valence-electron chi connectivity index (χ0n) is 14.8. The van der Waals surface area contributed by atoms with Crippen LogP contribution in [0, 0.1) is 17.2 Å². The van der Waals surface area contributed by atoms with Crippen LogP contribution < -0.4 is 18.7 Å². The molecule has 1 atom stereocenters. The van der Waals surface area contributed by atoms with E-state index in [0.29, 0.717) is 20.4 Å². The van der Waals surface area contributed by atoms with E-state index < -0.39 is 20.6 Å². The maximum atomic E-state index is 11.8. The van der Waals surface area contributed by atoms with E-state index in [9.17, 15) is 14.0 Å². The molecule has 0 aromatic heterocycles. The van der Waals surface area contributed by atoms with Gasteiger partial charge in [-0.15, -0.1) is 0 Å². The minimum absolute atomic E-state index is 0.441. The van der Waals surface area contributed by atoms with Crippen LogP contribution in [0.3, 0.4) is 0 Å². The molecule has 0 amide bonds. The first-order valence-electron chi connectivity index (χ1n) is 8.07. The van der Waals surface area contributed by atoms with Crippen LogP contribution in [0.2, 0.25) is 0 Å². The molecule has 27 heavy (non-hydrogen) atoms. The monoisotopic (exact) mass is 406 g/mol. The Morgan fingerprint density at radius 3 is 1.89 bits per heavy atom. The van der Waals surface area contributed by atoms with Crippen molar-refractivity contribution in [2.24, 2.45) is 0 Å². The molecule has 0 aliphatic carbocycles. The third-order valence-corrected chi connectivity index (χ3v) is 8.18. The molecular weight excluding hydrogens is 388 g/mol. The van der Waals surface area contributed by atoms with Crippen LogP contribution in [-0.4, -0.2) is 7.11 Å². The summed E-state index contributed by atoms with van der Waals surface area (Å²) in [5.74, 6) is 0.441. The van der Waals surface area contributed by atoms with Crippen LogP contribution in [-0.2, 0) is 3.74 Å². The standard InChI is InChI=1S/C20H19ClO5S/c1-16-12-14-18(15-13-16)27(26-21(22,23)24,17-8-4-3-5-9-17)20-11-7-6-10-19(20)25-2/h3-15H,1-2H3. The molecule has 3 aromatic rings. The lowest BCUT2D eigenvalue weighted by atomic mass is 10.2. The lowest BCUT2D eigenvalue weighted by Crippen LogP contribution is -2.61. The summed E-state index contributed by atoms with van der Waals surface area (Å²) >= 11 is 0. The molecular formula is C20H19ClO5S. The van der Waals surface area contributed by atoms with Crippen molar-refractivity contribution in [1.82, 2.24) is 0 Å². The molecule has 0 fully saturated rings. The summed E-state index contributed by atoms with van der Waals surface area (Å²) in [6.45, 7) is 1.93. The summed E-state index contributed by atoms with van der Waals surface area (Å²) in [5.41, 5.74) is 1.00. The minimum Gasteiger partial charge on any atom is -0.496 e. The van der Waals surface area contributed by atoms with Gasteiger partial charge < -0.3 is 4.74 Å². The van der Waals surface area contributed by atoms with Gasteiger partial charge in [0.1, 0.15) is 19.8 Å². The molecule has 0 saturated carbocycles. The molecule has 0 spiro atoms. The average Bonchev–Trinajstić information content (AvgIpc) is 2.67. The first-order valence-corrected chi connectivity index (χ1v) is 10.9. The first-order chi connectivity index (χ1) is 12.9. The van der Waals surface area contributed by atoms with E-state index in [-0.39, 0.29) is 0 Å². The Labute approximate surface area is 162 Å². The molecule has 0 heterocycles. The van der Waals surface area contributed by atoms with Crippen LogP contribution >= 0.6 is 10.3 Å². The van der Waals surface area contributed by atoms with Crippen LogP contribution in [0.1, 0.15) is 5.56 Å². The largest absolute Gasteiger partial charge is 0.496 e. The molecule has 0 aliphatic rings. The SMILES string of the molecule is COc1ccccc1S(O[Cl+3]([O-])([O-])[O-])(c1ccccc1)c1ccc(C)cc1. The summed E-state index contributed by atoms with van der Waals surface area (Å²) in [6, 6.07) is 23.1. The van der Waals surface area contributed by atoms with Crippen molar-refractivity contribution in [3.05, 3.63) is 84.4 Å². The Morgan fingerprint density at radius 2 is 1.30 bits per heavy atom. The van der Waals surface area contributed by atoms with E-state index in [0.717, 1.165) is 5.56 Å².